The molecule has 1 aliphatic rings. The Hall–Kier alpha value is -4.28. The summed E-state index contributed by atoms with van der Waals surface area (Å²) in [5.74, 6) is -1.73. The molecule has 3 aromatic carbocycles. The standard InChI is InChI=1S/C29H20FN3O4S2/c1-16-6-10-18(11-7-16)24-23(25(34)22-14-19-4-2-3-5-21(19)37-22)26(35)27(36)33(24)28-31-32-29(39-28)38-15-17-8-12-20(30)13-9-17/h2-14,24,35H,15H2,1H3. The molecular formula is C29H20FN3O4S2. The highest BCUT2D eigenvalue weighted by Gasteiger charge is 2.46. The molecule has 1 unspecified atom stereocenters. The van der Waals surface area contributed by atoms with E-state index in [2.05, 4.69) is 10.2 Å². The van der Waals surface area contributed by atoms with Crippen LogP contribution in [0.25, 0.3) is 11.0 Å². The highest BCUT2D eigenvalue weighted by Crippen LogP contribution is 2.44. The Morgan fingerprint density at radius 3 is 2.56 bits per heavy atom. The van der Waals surface area contributed by atoms with Gasteiger partial charge in [-0.2, -0.15) is 0 Å². The second-order valence-corrected chi connectivity index (χ2v) is 11.2. The average molecular weight is 558 g/mol. The number of fused-ring (bicyclic) bond motifs is 1. The third-order valence-corrected chi connectivity index (χ3v) is 8.50. The van der Waals surface area contributed by atoms with Gasteiger partial charge in [-0.25, -0.2) is 4.39 Å². The lowest BCUT2D eigenvalue weighted by Crippen LogP contribution is -2.31. The van der Waals surface area contributed by atoms with E-state index in [-0.39, 0.29) is 22.3 Å². The second-order valence-electron chi connectivity index (χ2n) is 8.99. The number of benzene rings is 3. The summed E-state index contributed by atoms with van der Waals surface area (Å²) < 4.78 is 19.6. The molecule has 194 valence electrons. The molecule has 0 spiro atoms. The minimum Gasteiger partial charge on any atom is -0.503 e. The molecule has 0 aliphatic carbocycles. The summed E-state index contributed by atoms with van der Waals surface area (Å²) in [6.07, 6.45) is 0. The van der Waals surface area contributed by atoms with Crippen molar-refractivity contribution in [3.63, 3.8) is 0 Å². The zero-order valence-electron chi connectivity index (χ0n) is 20.5. The average Bonchev–Trinajstić information content (AvgIpc) is 3.65. The normalized spacial score (nSPS) is 15.5. The molecule has 5 aromatic rings. The van der Waals surface area contributed by atoms with E-state index in [1.54, 1.807) is 30.3 Å². The van der Waals surface area contributed by atoms with Gasteiger partial charge in [-0.3, -0.25) is 14.5 Å². The first-order valence-corrected chi connectivity index (χ1v) is 13.8. The van der Waals surface area contributed by atoms with Crippen LogP contribution in [-0.4, -0.2) is 27.0 Å². The number of aliphatic hydroxyl groups excluding tert-OH is 1. The van der Waals surface area contributed by atoms with E-state index in [0.29, 0.717) is 21.2 Å². The lowest BCUT2D eigenvalue weighted by Gasteiger charge is -2.23. The molecule has 0 saturated heterocycles. The number of thioether (sulfide) groups is 1. The smallest absolute Gasteiger partial charge is 0.296 e. The van der Waals surface area contributed by atoms with Crippen LogP contribution in [0.4, 0.5) is 9.52 Å². The van der Waals surface area contributed by atoms with E-state index in [0.717, 1.165) is 16.5 Å². The van der Waals surface area contributed by atoms with Gasteiger partial charge in [-0.05, 0) is 42.3 Å². The summed E-state index contributed by atoms with van der Waals surface area (Å²) in [5, 5.41) is 20.4. The van der Waals surface area contributed by atoms with Gasteiger partial charge in [0.05, 0.1) is 11.6 Å². The molecule has 39 heavy (non-hydrogen) atoms. The maximum atomic E-state index is 13.7. The molecule has 1 amide bonds. The fourth-order valence-electron chi connectivity index (χ4n) is 4.41. The van der Waals surface area contributed by atoms with Crippen LogP contribution in [0, 0.1) is 12.7 Å². The predicted octanol–water partition coefficient (Wildman–Crippen LogP) is 6.81. The van der Waals surface area contributed by atoms with Gasteiger partial charge in [0.25, 0.3) is 5.91 Å². The van der Waals surface area contributed by atoms with E-state index in [4.69, 9.17) is 4.42 Å². The van der Waals surface area contributed by atoms with Crippen molar-refractivity contribution in [3.05, 3.63) is 118 Å². The first kappa shape index (κ1) is 25.0. The number of rotatable bonds is 7. The van der Waals surface area contributed by atoms with Gasteiger partial charge >= 0.3 is 0 Å². The van der Waals surface area contributed by atoms with Gasteiger partial charge in [-0.1, -0.05) is 83.3 Å². The number of amides is 1. The van der Waals surface area contributed by atoms with E-state index < -0.39 is 23.5 Å². The van der Waals surface area contributed by atoms with Crippen LogP contribution in [0.1, 0.15) is 33.3 Å². The number of hydrogen-bond donors (Lipinski definition) is 1. The van der Waals surface area contributed by atoms with Crippen molar-refractivity contribution in [2.75, 3.05) is 4.90 Å². The van der Waals surface area contributed by atoms with E-state index in [1.807, 2.05) is 43.3 Å². The van der Waals surface area contributed by atoms with Crippen molar-refractivity contribution in [2.45, 2.75) is 23.1 Å². The first-order valence-electron chi connectivity index (χ1n) is 12.0. The number of anilines is 1. The number of ketones is 1. The number of para-hydroxylation sites is 1. The van der Waals surface area contributed by atoms with Crippen molar-refractivity contribution in [3.8, 4) is 0 Å². The Kier molecular flexibility index (Phi) is 6.49. The second kappa shape index (κ2) is 10.1. The van der Waals surface area contributed by atoms with Crippen molar-refractivity contribution in [2.24, 2.45) is 0 Å². The Bertz CT molecular complexity index is 1710. The van der Waals surface area contributed by atoms with E-state index in [1.165, 1.54) is 40.1 Å². The lowest BCUT2D eigenvalue weighted by atomic mass is 9.94. The molecule has 6 rings (SSSR count). The summed E-state index contributed by atoms with van der Waals surface area (Å²) in [4.78, 5) is 28.5. The number of aliphatic hydroxyl groups is 1. The molecule has 0 fully saturated rings. The zero-order valence-corrected chi connectivity index (χ0v) is 22.1. The minimum atomic E-state index is -0.929. The molecular weight excluding hydrogens is 537 g/mol. The van der Waals surface area contributed by atoms with Crippen LogP contribution < -0.4 is 4.90 Å². The van der Waals surface area contributed by atoms with Crippen molar-refractivity contribution >= 4 is 50.9 Å². The fraction of sp³-hybridized carbons (Fsp3) is 0.103. The highest BCUT2D eigenvalue weighted by molar-refractivity contribution is 8.00. The fourth-order valence-corrected chi connectivity index (χ4v) is 6.23. The van der Waals surface area contributed by atoms with Crippen molar-refractivity contribution < 1.29 is 23.5 Å². The number of halogens is 1. The maximum Gasteiger partial charge on any atom is 0.296 e. The van der Waals surface area contributed by atoms with E-state index in [9.17, 15) is 19.1 Å². The quantitative estimate of drug-likeness (QED) is 0.133. The third kappa shape index (κ3) is 4.73. The van der Waals surface area contributed by atoms with Crippen LogP contribution >= 0.6 is 23.1 Å². The molecule has 1 aliphatic heterocycles. The van der Waals surface area contributed by atoms with Crippen LogP contribution in [0.2, 0.25) is 0 Å². The molecule has 0 radical (unpaired) electrons. The predicted molar refractivity (Wildman–Crippen MR) is 147 cm³/mol. The summed E-state index contributed by atoms with van der Waals surface area (Å²) in [7, 11) is 0. The Balaban J connectivity index is 1.35. The van der Waals surface area contributed by atoms with Crippen LogP contribution in [0.15, 0.2) is 99.0 Å². The SMILES string of the molecule is Cc1ccc(C2C(C(=O)c3cc4ccccc4o3)=C(O)C(=O)N2c2nnc(SCc3ccc(F)cc3)s2)cc1. The third-order valence-electron chi connectivity index (χ3n) is 6.37. The number of furan rings is 1. The van der Waals surface area contributed by atoms with Gasteiger partial charge in [0.1, 0.15) is 11.4 Å². The molecule has 1 atom stereocenters. The summed E-state index contributed by atoms with van der Waals surface area (Å²) in [6, 6.07) is 21.4. The summed E-state index contributed by atoms with van der Waals surface area (Å²) >= 11 is 2.57. The van der Waals surface area contributed by atoms with Crippen molar-refractivity contribution in [1.29, 1.82) is 0 Å². The Labute approximate surface area is 230 Å². The van der Waals surface area contributed by atoms with Gasteiger partial charge in [0, 0.05) is 11.1 Å². The Morgan fingerprint density at radius 1 is 1.08 bits per heavy atom. The molecule has 7 nitrogen and oxygen atoms in total. The Morgan fingerprint density at radius 2 is 1.82 bits per heavy atom. The zero-order chi connectivity index (χ0) is 27.1. The van der Waals surface area contributed by atoms with Gasteiger partial charge in [-0.15, -0.1) is 10.2 Å². The molecule has 3 heterocycles. The number of carbonyl (C=O) groups is 2. The summed E-state index contributed by atoms with van der Waals surface area (Å²) in [5.41, 5.74) is 2.99. The molecule has 1 N–H and O–H groups in total. The number of Topliss-reactive ketones (excluding diaryl/α,β-unsaturated/α-hetero) is 1. The summed E-state index contributed by atoms with van der Waals surface area (Å²) in [6.45, 7) is 1.94. The number of carbonyl (C=O) groups excluding carboxylic acids is 2. The van der Waals surface area contributed by atoms with Crippen LogP contribution in [0.3, 0.4) is 0 Å². The number of aromatic nitrogens is 2. The lowest BCUT2D eigenvalue weighted by molar-refractivity contribution is -0.117. The van der Waals surface area contributed by atoms with Gasteiger partial charge < -0.3 is 9.52 Å². The number of nitrogens with zero attached hydrogens (tertiary/aromatic N) is 3. The molecule has 10 heteroatoms. The highest BCUT2D eigenvalue weighted by atomic mass is 32.2. The molecule has 0 bridgehead atoms. The van der Waals surface area contributed by atoms with E-state index >= 15 is 0 Å². The number of hydrogen-bond acceptors (Lipinski definition) is 8. The number of aryl methyl sites for hydroxylation is 1. The van der Waals surface area contributed by atoms with Gasteiger partial charge in [0.2, 0.25) is 10.9 Å². The monoisotopic (exact) mass is 557 g/mol. The maximum absolute atomic E-state index is 13.7. The largest absolute Gasteiger partial charge is 0.503 e. The van der Waals surface area contributed by atoms with Crippen molar-refractivity contribution in [1.82, 2.24) is 10.2 Å². The topological polar surface area (TPSA) is 96.5 Å². The molecule has 2 aromatic heterocycles. The van der Waals surface area contributed by atoms with Gasteiger partial charge in [0.15, 0.2) is 15.9 Å². The van der Waals surface area contributed by atoms with Crippen LogP contribution in [-0.2, 0) is 10.5 Å². The van der Waals surface area contributed by atoms with Crippen LogP contribution in [0.5, 0.6) is 0 Å². The molecule has 0 saturated carbocycles. The minimum absolute atomic E-state index is 0.0253. The first-order chi connectivity index (χ1) is 18.9.